The van der Waals surface area contributed by atoms with E-state index in [1.807, 2.05) is 0 Å². The second-order valence-electron chi connectivity index (χ2n) is 3.83. The van der Waals surface area contributed by atoms with Crippen LogP contribution in [0.1, 0.15) is 10.5 Å². The van der Waals surface area contributed by atoms with Crippen molar-refractivity contribution < 1.29 is 14.4 Å². The predicted molar refractivity (Wildman–Crippen MR) is 44.7 cm³/mol. The van der Waals surface area contributed by atoms with Gasteiger partial charge in [-0.2, -0.15) is 0 Å². The van der Waals surface area contributed by atoms with Crippen LogP contribution in [-0.2, 0) is 0 Å². The number of hydrogen-bond acceptors (Lipinski definition) is 4. The quantitative estimate of drug-likeness (QED) is 0.541. The summed E-state index contributed by atoms with van der Waals surface area (Å²) in [5, 5.41) is 18.4. The first-order valence-corrected chi connectivity index (χ1v) is 3.67. The van der Waals surface area contributed by atoms with Gasteiger partial charge in [0.1, 0.15) is 5.69 Å². The molecule has 1 aromatic heterocycles. The lowest BCUT2D eigenvalue weighted by Crippen LogP contribution is -2.27. The van der Waals surface area contributed by atoms with Crippen molar-refractivity contribution in [3.8, 4) is 0 Å². The van der Waals surface area contributed by atoms with Gasteiger partial charge >= 0.3 is 0 Å². The number of H-pyrrole nitrogens is 1. The van der Waals surface area contributed by atoms with E-state index in [0.717, 1.165) is 10.7 Å². The van der Waals surface area contributed by atoms with Gasteiger partial charge in [-0.1, -0.05) is 5.21 Å². The Balaban J connectivity index is 0.000000252. The van der Waals surface area contributed by atoms with Crippen LogP contribution in [0.2, 0.25) is 0 Å². The zero-order valence-electron chi connectivity index (χ0n) is 8.24. The number of carbonyl (C=O) groups excluding carboxylic acids is 1. The number of quaternary nitrogens is 1. The Morgan fingerprint density at radius 3 is 2.08 bits per heavy atom. The van der Waals surface area contributed by atoms with Crippen LogP contribution < -0.4 is 5.11 Å². The van der Waals surface area contributed by atoms with E-state index in [2.05, 4.69) is 43.6 Å². The number of aromatic amines is 1. The van der Waals surface area contributed by atoms with Gasteiger partial charge in [-0.05, 0) is 0 Å². The van der Waals surface area contributed by atoms with Gasteiger partial charge < -0.3 is 14.4 Å². The van der Waals surface area contributed by atoms with E-state index in [9.17, 15) is 9.90 Å². The molecule has 0 saturated carbocycles. The molecule has 0 amide bonds. The summed E-state index contributed by atoms with van der Waals surface area (Å²) in [6, 6.07) is 0. The van der Waals surface area contributed by atoms with E-state index >= 15 is 0 Å². The Hall–Kier alpha value is -1.43. The molecule has 1 aromatic rings. The molecule has 0 spiro atoms. The first-order chi connectivity index (χ1) is 5.80. The molecule has 6 nitrogen and oxygen atoms in total. The Morgan fingerprint density at radius 1 is 1.46 bits per heavy atom. The van der Waals surface area contributed by atoms with Gasteiger partial charge in [0, 0.05) is 0 Å². The Bertz CT molecular complexity index is 244. The van der Waals surface area contributed by atoms with Crippen LogP contribution in [0.5, 0.6) is 0 Å². The number of rotatable bonds is 1. The number of carboxylic acid groups (broad SMARTS) is 1. The monoisotopic (exact) mass is 186 g/mol. The minimum Gasteiger partial charge on any atom is -0.543 e. The summed E-state index contributed by atoms with van der Waals surface area (Å²) < 4.78 is 1.00. The highest BCUT2D eigenvalue weighted by Crippen LogP contribution is 1.81. The average Bonchev–Trinajstić information content (AvgIpc) is 2.31. The molecule has 0 aliphatic rings. The molecule has 0 bridgehead atoms. The lowest BCUT2D eigenvalue weighted by Gasteiger charge is -2.14. The van der Waals surface area contributed by atoms with Crippen LogP contribution in [0.25, 0.3) is 0 Å². The number of aromatic carboxylic acids is 1. The summed E-state index contributed by atoms with van der Waals surface area (Å²) in [6.45, 7) is 0. The summed E-state index contributed by atoms with van der Waals surface area (Å²) in [5.74, 6) is -1.32. The number of nitrogens with one attached hydrogen (secondary N) is 1. The summed E-state index contributed by atoms with van der Waals surface area (Å²) in [4.78, 5) is 9.83. The fourth-order valence-electron chi connectivity index (χ4n) is 0.301. The van der Waals surface area contributed by atoms with Crippen molar-refractivity contribution in [1.29, 1.82) is 0 Å². The molecule has 0 saturated heterocycles. The molecular formula is C7H14N4O2. The molecule has 0 radical (unpaired) electrons. The van der Waals surface area contributed by atoms with E-state index in [1.165, 1.54) is 0 Å². The van der Waals surface area contributed by atoms with Gasteiger partial charge in [0.25, 0.3) is 0 Å². The van der Waals surface area contributed by atoms with Crippen molar-refractivity contribution in [2.75, 3.05) is 28.2 Å². The molecule has 74 valence electrons. The van der Waals surface area contributed by atoms with Crippen LogP contribution in [0.15, 0.2) is 6.20 Å². The number of nitrogens with zero attached hydrogens (tertiary/aromatic N) is 3. The van der Waals surface area contributed by atoms with E-state index in [1.54, 1.807) is 0 Å². The minimum absolute atomic E-state index is 0.176. The van der Waals surface area contributed by atoms with Crippen LogP contribution in [0, 0.1) is 0 Å². The first kappa shape index (κ1) is 11.6. The van der Waals surface area contributed by atoms with E-state index in [0.29, 0.717) is 0 Å². The maximum atomic E-state index is 9.83. The van der Waals surface area contributed by atoms with E-state index in [-0.39, 0.29) is 5.69 Å². The molecule has 13 heavy (non-hydrogen) atoms. The Morgan fingerprint density at radius 2 is 1.92 bits per heavy atom. The number of carbonyl (C=O) groups is 1. The smallest absolute Gasteiger partial charge is 0.128 e. The fourth-order valence-corrected chi connectivity index (χ4v) is 0.301. The van der Waals surface area contributed by atoms with Gasteiger partial charge in [0.05, 0.1) is 40.4 Å². The zero-order valence-corrected chi connectivity index (χ0v) is 8.24. The number of carboxylic acids is 1. The summed E-state index contributed by atoms with van der Waals surface area (Å²) >= 11 is 0. The third-order valence-electron chi connectivity index (χ3n) is 0.626. The fraction of sp³-hybridized carbons (Fsp3) is 0.571. The zero-order chi connectivity index (χ0) is 10.5. The summed E-state index contributed by atoms with van der Waals surface area (Å²) in [6.07, 6.45) is 1.15. The van der Waals surface area contributed by atoms with Gasteiger partial charge in [0.2, 0.25) is 0 Å². The Labute approximate surface area is 76.8 Å². The molecule has 6 heteroatoms. The lowest BCUT2D eigenvalue weighted by molar-refractivity contribution is -0.849. The minimum atomic E-state index is -1.32. The molecule has 0 aliphatic heterocycles. The molecule has 0 fully saturated rings. The highest BCUT2D eigenvalue weighted by atomic mass is 16.4. The first-order valence-electron chi connectivity index (χ1n) is 3.67. The molecule has 0 aliphatic carbocycles. The molecule has 0 aromatic carbocycles. The Kier molecular flexibility index (Phi) is 4.06. The standard InChI is InChI=1S/C4H12N.C3H3N3O2/c1-5(2,3)4;7-3(8)2-1-4-6-5-2/h1-4H3;1H,(H,7,8)(H,4,5,6)/q+1;/p-1. The highest BCUT2D eigenvalue weighted by Gasteiger charge is 1.91. The van der Waals surface area contributed by atoms with Crippen molar-refractivity contribution in [1.82, 2.24) is 15.4 Å². The third-order valence-corrected chi connectivity index (χ3v) is 0.626. The van der Waals surface area contributed by atoms with Gasteiger partial charge in [-0.25, -0.2) is 0 Å². The van der Waals surface area contributed by atoms with Crippen molar-refractivity contribution in [2.45, 2.75) is 0 Å². The highest BCUT2D eigenvalue weighted by molar-refractivity contribution is 5.82. The maximum absolute atomic E-state index is 9.83. The largest absolute Gasteiger partial charge is 0.543 e. The normalized spacial score (nSPS) is 10.2. The maximum Gasteiger partial charge on any atom is 0.128 e. The van der Waals surface area contributed by atoms with Crippen LogP contribution in [0.4, 0.5) is 0 Å². The topological polar surface area (TPSA) is 81.7 Å². The van der Waals surface area contributed by atoms with Crippen molar-refractivity contribution in [3.05, 3.63) is 11.9 Å². The molecule has 0 atom stereocenters. The van der Waals surface area contributed by atoms with Gasteiger partial charge in [-0.3, -0.25) is 5.10 Å². The molecule has 1 N–H and O–H groups in total. The lowest BCUT2D eigenvalue weighted by atomic mass is 10.5. The molecule has 0 unspecified atom stereocenters. The average molecular weight is 186 g/mol. The van der Waals surface area contributed by atoms with Crippen LogP contribution in [-0.4, -0.2) is 54.1 Å². The summed E-state index contributed by atoms with van der Waals surface area (Å²) in [7, 11) is 8.50. The van der Waals surface area contributed by atoms with E-state index in [4.69, 9.17) is 0 Å². The van der Waals surface area contributed by atoms with Crippen LogP contribution in [0.3, 0.4) is 0 Å². The molecular weight excluding hydrogens is 172 g/mol. The second kappa shape index (κ2) is 4.56. The van der Waals surface area contributed by atoms with Crippen LogP contribution >= 0.6 is 0 Å². The number of aromatic nitrogens is 3. The predicted octanol–water partition coefficient (Wildman–Crippen LogP) is -1.51. The second-order valence-corrected chi connectivity index (χ2v) is 3.83. The third kappa shape index (κ3) is 8.48. The molecule has 1 rings (SSSR count). The van der Waals surface area contributed by atoms with Crippen molar-refractivity contribution in [2.24, 2.45) is 0 Å². The molecule has 1 heterocycles. The summed E-state index contributed by atoms with van der Waals surface area (Å²) in [5.41, 5.74) is -0.176. The number of hydrogen-bond donors (Lipinski definition) is 1. The SMILES string of the molecule is C[N+](C)(C)C.O=C([O-])c1c[nH]nn1. The van der Waals surface area contributed by atoms with Gasteiger partial charge in [0.15, 0.2) is 0 Å². The van der Waals surface area contributed by atoms with E-state index < -0.39 is 5.97 Å². The van der Waals surface area contributed by atoms with Crippen molar-refractivity contribution >= 4 is 5.97 Å². The van der Waals surface area contributed by atoms with Crippen molar-refractivity contribution in [3.63, 3.8) is 0 Å². The van der Waals surface area contributed by atoms with Gasteiger partial charge in [-0.15, -0.1) is 5.10 Å².